The third kappa shape index (κ3) is 3.91. The van der Waals surface area contributed by atoms with Crippen LogP contribution in [0.25, 0.3) is 0 Å². The molecule has 1 rings (SSSR count). The molecular weight excluding hydrogens is 244 g/mol. The molecule has 94 valence electrons. The summed E-state index contributed by atoms with van der Waals surface area (Å²) in [6.07, 6.45) is 1.05. The van der Waals surface area contributed by atoms with Gasteiger partial charge >= 0.3 is 8.80 Å². The van der Waals surface area contributed by atoms with Gasteiger partial charge in [0.15, 0.2) is 0 Å². The Balaban J connectivity index is 0.00000225. The first-order valence-corrected chi connectivity index (χ1v) is 6.91. The molecule has 0 aromatic heterocycles. The van der Waals surface area contributed by atoms with Crippen LogP contribution in [0.15, 0.2) is 0 Å². The minimum Gasteiger partial charge on any atom is -0.375 e. The number of rotatable bonds is 8. The second-order valence-corrected chi connectivity index (χ2v) is 6.48. The van der Waals surface area contributed by atoms with E-state index in [1.165, 1.54) is 0 Å². The fourth-order valence-corrected chi connectivity index (χ4v) is 3.59. The lowest BCUT2D eigenvalue weighted by molar-refractivity contribution is 0.00651. The molecule has 4 radical (unpaired) electrons. The Morgan fingerprint density at radius 1 is 1.25 bits per heavy atom. The van der Waals surface area contributed by atoms with Crippen molar-refractivity contribution in [3.63, 3.8) is 0 Å². The molecular formula is C9H20O5Si2. The fourth-order valence-electron chi connectivity index (χ4n) is 1.50. The van der Waals surface area contributed by atoms with Crippen molar-refractivity contribution in [3.05, 3.63) is 0 Å². The Bertz CT molecular complexity index is 176. The van der Waals surface area contributed by atoms with Crippen LogP contribution in [-0.4, -0.2) is 66.1 Å². The largest absolute Gasteiger partial charge is 0.530 e. The fraction of sp³-hybridized carbons (Fsp3) is 1.00. The number of hydrogen-bond acceptors (Lipinski definition) is 5. The quantitative estimate of drug-likeness (QED) is 0.463. The van der Waals surface area contributed by atoms with Gasteiger partial charge in [0.2, 0.25) is 0 Å². The smallest absolute Gasteiger partial charge is 0.375 e. The maximum Gasteiger partial charge on any atom is 0.530 e. The summed E-state index contributed by atoms with van der Waals surface area (Å²) in [6.45, 7) is 3.40. The predicted molar refractivity (Wildman–Crippen MR) is 62.3 cm³/mol. The van der Waals surface area contributed by atoms with Crippen LogP contribution in [0.5, 0.6) is 0 Å². The van der Waals surface area contributed by atoms with E-state index in [1.807, 2.05) is 6.92 Å². The van der Waals surface area contributed by atoms with E-state index in [2.05, 4.69) is 0 Å². The van der Waals surface area contributed by atoms with E-state index < -0.39 is 8.80 Å². The Labute approximate surface area is 103 Å². The van der Waals surface area contributed by atoms with Crippen LogP contribution in [0.4, 0.5) is 0 Å². The van der Waals surface area contributed by atoms with Crippen LogP contribution in [0.3, 0.4) is 0 Å². The van der Waals surface area contributed by atoms with Crippen molar-refractivity contribution in [1.82, 2.24) is 0 Å². The van der Waals surface area contributed by atoms with Gasteiger partial charge in [0.05, 0.1) is 13.2 Å². The van der Waals surface area contributed by atoms with Gasteiger partial charge in [-0.15, -0.1) is 0 Å². The summed E-state index contributed by atoms with van der Waals surface area (Å²) in [5, 5.41) is 0. The van der Waals surface area contributed by atoms with Gasteiger partial charge in [-0.25, -0.2) is 0 Å². The molecule has 0 aliphatic carbocycles. The summed E-state index contributed by atoms with van der Waals surface area (Å²) in [5.41, 5.74) is -0.123. The van der Waals surface area contributed by atoms with E-state index in [9.17, 15) is 0 Å². The van der Waals surface area contributed by atoms with Gasteiger partial charge in [-0.2, -0.15) is 0 Å². The van der Waals surface area contributed by atoms with E-state index >= 15 is 0 Å². The first-order chi connectivity index (χ1) is 7.22. The zero-order valence-electron chi connectivity index (χ0n) is 10.3. The molecule has 2 atom stereocenters. The average Bonchev–Trinajstić information content (AvgIpc) is 3.09. The topological polar surface area (TPSA) is 49.5 Å². The second-order valence-electron chi connectivity index (χ2n) is 3.40. The highest BCUT2D eigenvalue weighted by atomic mass is 28.4. The van der Waals surface area contributed by atoms with E-state index in [4.69, 9.17) is 22.8 Å². The average molecular weight is 264 g/mol. The summed E-state index contributed by atoms with van der Waals surface area (Å²) >= 11 is 0. The molecule has 2 unspecified atom stereocenters. The third-order valence-electron chi connectivity index (χ3n) is 2.50. The van der Waals surface area contributed by atoms with E-state index in [0.29, 0.717) is 6.61 Å². The maximum absolute atomic E-state index is 5.72. The van der Waals surface area contributed by atoms with Crippen molar-refractivity contribution in [3.8, 4) is 0 Å². The van der Waals surface area contributed by atoms with Crippen LogP contribution < -0.4 is 0 Å². The highest BCUT2D eigenvalue weighted by Crippen LogP contribution is 2.20. The molecule has 0 saturated carbocycles. The van der Waals surface area contributed by atoms with Crippen molar-refractivity contribution < 1.29 is 22.8 Å². The van der Waals surface area contributed by atoms with Crippen molar-refractivity contribution >= 4 is 19.8 Å². The Morgan fingerprint density at radius 3 is 2.06 bits per heavy atom. The summed E-state index contributed by atoms with van der Waals surface area (Å²) in [7, 11) is 2.12. The first-order valence-electron chi connectivity index (χ1n) is 5.11. The Morgan fingerprint density at radius 2 is 1.75 bits per heavy atom. The molecule has 1 fully saturated rings. The lowest BCUT2D eigenvalue weighted by Crippen LogP contribution is -2.55. The monoisotopic (exact) mass is 264 g/mol. The number of hydrogen-bond donors (Lipinski definition) is 0. The van der Waals surface area contributed by atoms with Gasteiger partial charge in [0.25, 0.3) is 0 Å². The van der Waals surface area contributed by atoms with Crippen LogP contribution in [0.1, 0.15) is 13.3 Å². The van der Waals surface area contributed by atoms with Crippen LogP contribution >= 0.6 is 0 Å². The lowest BCUT2D eigenvalue weighted by Gasteiger charge is -2.31. The molecule has 0 bridgehead atoms. The summed E-state index contributed by atoms with van der Waals surface area (Å²) < 4.78 is 26.9. The van der Waals surface area contributed by atoms with Crippen LogP contribution in [-0.2, 0) is 22.8 Å². The van der Waals surface area contributed by atoms with E-state index in [0.717, 1.165) is 13.0 Å². The molecule has 1 heterocycles. The molecule has 1 aliphatic heterocycles. The molecule has 16 heavy (non-hydrogen) atoms. The minimum absolute atomic E-state index is 0. The second kappa shape index (κ2) is 7.54. The highest BCUT2D eigenvalue weighted by molar-refractivity contribution is 6.62. The van der Waals surface area contributed by atoms with Crippen molar-refractivity contribution in [2.24, 2.45) is 0 Å². The first kappa shape index (κ1) is 16.2. The molecule has 5 nitrogen and oxygen atoms in total. The van der Waals surface area contributed by atoms with Gasteiger partial charge in [0, 0.05) is 32.3 Å². The number of ether oxygens (including phenoxy) is 2. The third-order valence-corrected chi connectivity index (χ3v) is 5.58. The summed E-state index contributed by atoms with van der Waals surface area (Å²) in [6, 6.07) is 0. The number of epoxide rings is 1. The molecule has 0 N–H and O–H groups in total. The van der Waals surface area contributed by atoms with Gasteiger partial charge < -0.3 is 22.8 Å². The van der Waals surface area contributed by atoms with Gasteiger partial charge in [0.1, 0.15) is 11.8 Å². The zero-order valence-corrected chi connectivity index (χ0v) is 12.3. The molecule has 7 heteroatoms. The van der Waals surface area contributed by atoms with Crippen molar-refractivity contribution in [2.45, 2.75) is 25.2 Å². The molecule has 0 amide bonds. The normalized spacial score (nSPS) is 21.4. The predicted octanol–water partition coefficient (Wildman–Crippen LogP) is 0.217. The standard InChI is InChI=1S/C9H20O5Si.Si/c1-5-9(14-7-8-6-13-8)15(10-2,11-3)12-4;/h8-9H,5-7H2,1-4H3;. The highest BCUT2D eigenvalue weighted by Gasteiger charge is 2.48. The summed E-state index contributed by atoms with van der Waals surface area (Å²) in [4.78, 5) is 0. The van der Waals surface area contributed by atoms with Crippen LogP contribution in [0.2, 0.25) is 0 Å². The minimum atomic E-state index is -2.66. The zero-order chi connectivity index (χ0) is 11.3. The molecule has 0 aromatic rings. The Kier molecular flexibility index (Phi) is 7.65. The van der Waals surface area contributed by atoms with Crippen molar-refractivity contribution in [1.29, 1.82) is 0 Å². The van der Waals surface area contributed by atoms with E-state index in [-0.39, 0.29) is 22.8 Å². The lowest BCUT2D eigenvalue weighted by atomic mass is 10.5. The molecule has 1 saturated heterocycles. The maximum atomic E-state index is 5.72. The van der Waals surface area contributed by atoms with Crippen LogP contribution in [0, 0.1) is 0 Å². The summed E-state index contributed by atoms with van der Waals surface area (Å²) in [5.74, 6) is 0. The van der Waals surface area contributed by atoms with E-state index in [1.54, 1.807) is 21.3 Å². The molecule has 0 aromatic carbocycles. The van der Waals surface area contributed by atoms with Crippen molar-refractivity contribution in [2.75, 3.05) is 34.5 Å². The Hall–Kier alpha value is 0.234. The molecule has 0 spiro atoms. The SMILES string of the molecule is CCC(OCC1CO1)[Si](OC)(OC)OC.[Si]. The molecule has 1 aliphatic rings. The van der Waals surface area contributed by atoms with Gasteiger partial charge in [-0.05, 0) is 6.42 Å². The van der Waals surface area contributed by atoms with Gasteiger partial charge in [-0.3, -0.25) is 0 Å². The van der Waals surface area contributed by atoms with Gasteiger partial charge in [-0.1, -0.05) is 6.92 Å².